The summed E-state index contributed by atoms with van der Waals surface area (Å²) in [6.45, 7) is 6.05. The van der Waals surface area contributed by atoms with Gasteiger partial charge in [0.05, 0.1) is 29.2 Å². The van der Waals surface area contributed by atoms with Gasteiger partial charge in [0.25, 0.3) is 5.91 Å². The van der Waals surface area contributed by atoms with Gasteiger partial charge in [-0.05, 0) is 44.2 Å². The summed E-state index contributed by atoms with van der Waals surface area (Å²) in [5.74, 6) is -0.266. The summed E-state index contributed by atoms with van der Waals surface area (Å²) < 4.78 is 5.25. The van der Waals surface area contributed by atoms with E-state index in [0.717, 1.165) is 29.7 Å². The smallest absolute Gasteiger partial charge is 0.316 e. The molecule has 4 aromatic rings. The number of fused-ring (bicyclic) bond motifs is 2. The molecule has 1 amide bonds. The van der Waals surface area contributed by atoms with Crippen LogP contribution in [-0.4, -0.2) is 58.1 Å². The molecule has 0 unspecified atom stereocenters. The molecule has 0 bridgehead atoms. The molecule has 5 rings (SSSR count). The Morgan fingerprint density at radius 1 is 1.06 bits per heavy atom. The molecule has 1 saturated heterocycles. The topological polar surface area (TPSA) is 105 Å². The molecule has 2 aromatic heterocycles. The molecular formula is C24H25N7O2. The number of anilines is 2. The summed E-state index contributed by atoms with van der Waals surface area (Å²) in [5.41, 5.74) is 4.12. The first kappa shape index (κ1) is 21.0. The van der Waals surface area contributed by atoms with Crippen LogP contribution in [0.4, 0.5) is 11.4 Å². The molecule has 0 spiro atoms. The largest absolute Gasteiger partial charge is 0.467 e. The number of carbonyl (C=O) groups is 1. The highest BCUT2D eigenvalue weighted by atomic mass is 16.5. The molecule has 9 heteroatoms. The zero-order chi connectivity index (χ0) is 22.9. The van der Waals surface area contributed by atoms with Crippen LogP contribution in [0.25, 0.3) is 21.9 Å². The SMILES string of the molecule is COc1ncc2c(N3C[C@@H](C)N[C@H](C)C3)ccc(C(=O)Nc3ccc4nccnc4c3)c2n1. The molecule has 0 saturated carbocycles. The number of nitrogens with zero attached hydrogens (tertiary/aromatic N) is 5. The number of ether oxygens (including phenoxy) is 1. The van der Waals surface area contributed by atoms with Gasteiger partial charge >= 0.3 is 6.01 Å². The molecule has 9 nitrogen and oxygen atoms in total. The van der Waals surface area contributed by atoms with Crippen LogP contribution in [0.5, 0.6) is 6.01 Å². The molecule has 0 aliphatic carbocycles. The number of hydrogen-bond donors (Lipinski definition) is 2. The monoisotopic (exact) mass is 443 g/mol. The lowest BCUT2D eigenvalue weighted by molar-refractivity contribution is 0.102. The molecule has 2 atom stereocenters. The molecule has 33 heavy (non-hydrogen) atoms. The minimum absolute atomic E-state index is 0.219. The standard InChI is InChI=1S/C24H25N7O2/c1-14-12-31(13-15(2)28-14)21-7-5-17(22-18(21)11-27-24(30-22)33-3)23(32)29-16-4-6-19-20(10-16)26-9-8-25-19/h4-11,14-15,28H,12-13H2,1-3H3,(H,29,32)/t14-,15-/m1/s1. The maximum Gasteiger partial charge on any atom is 0.316 e. The summed E-state index contributed by atoms with van der Waals surface area (Å²) >= 11 is 0. The lowest BCUT2D eigenvalue weighted by Gasteiger charge is -2.38. The second kappa shape index (κ2) is 8.59. The lowest BCUT2D eigenvalue weighted by atomic mass is 10.0. The second-order valence-corrected chi connectivity index (χ2v) is 8.34. The van der Waals surface area contributed by atoms with Crippen molar-refractivity contribution in [3.63, 3.8) is 0 Å². The van der Waals surface area contributed by atoms with Crippen LogP contribution in [0.1, 0.15) is 24.2 Å². The first-order valence-electron chi connectivity index (χ1n) is 10.9. The average molecular weight is 444 g/mol. The molecule has 2 aromatic carbocycles. The third-order valence-corrected chi connectivity index (χ3v) is 5.76. The summed E-state index contributed by atoms with van der Waals surface area (Å²) in [6, 6.07) is 10.2. The third-order valence-electron chi connectivity index (χ3n) is 5.76. The normalized spacial score (nSPS) is 18.5. The zero-order valence-electron chi connectivity index (χ0n) is 18.7. The fourth-order valence-corrected chi connectivity index (χ4v) is 4.41. The number of carbonyl (C=O) groups excluding carboxylic acids is 1. The number of benzene rings is 2. The van der Waals surface area contributed by atoms with Gasteiger partial charge in [0.2, 0.25) is 0 Å². The molecule has 1 aliphatic rings. The molecule has 0 radical (unpaired) electrons. The maximum absolute atomic E-state index is 13.3. The number of aromatic nitrogens is 4. The minimum Gasteiger partial charge on any atom is -0.467 e. The number of hydrogen-bond acceptors (Lipinski definition) is 8. The Labute approximate surface area is 191 Å². The van der Waals surface area contributed by atoms with Crippen molar-refractivity contribution in [3.8, 4) is 6.01 Å². The number of methoxy groups -OCH3 is 1. The van der Waals surface area contributed by atoms with Crippen molar-refractivity contribution in [2.45, 2.75) is 25.9 Å². The Balaban J connectivity index is 1.53. The van der Waals surface area contributed by atoms with Crippen molar-refractivity contribution in [1.29, 1.82) is 0 Å². The number of amides is 1. The maximum atomic E-state index is 13.3. The Bertz CT molecular complexity index is 1330. The fourth-order valence-electron chi connectivity index (χ4n) is 4.41. The molecular weight excluding hydrogens is 418 g/mol. The molecule has 1 fully saturated rings. The van der Waals surface area contributed by atoms with Gasteiger partial charge in [0, 0.05) is 60.5 Å². The highest BCUT2D eigenvalue weighted by Crippen LogP contribution is 2.31. The van der Waals surface area contributed by atoms with E-state index in [2.05, 4.69) is 49.3 Å². The summed E-state index contributed by atoms with van der Waals surface area (Å²) in [7, 11) is 1.51. The highest BCUT2D eigenvalue weighted by molar-refractivity contribution is 6.14. The van der Waals surface area contributed by atoms with Crippen LogP contribution in [0.3, 0.4) is 0 Å². The van der Waals surface area contributed by atoms with Gasteiger partial charge < -0.3 is 20.3 Å². The van der Waals surface area contributed by atoms with Crippen LogP contribution < -0.4 is 20.3 Å². The van der Waals surface area contributed by atoms with Gasteiger partial charge in [-0.2, -0.15) is 4.98 Å². The van der Waals surface area contributed by atoms with E-state index in [9.17, 15) is 4.79 Å². The van der Waals surface area contributed by atoms with Crippen LogP contribution >= 0.6 is 0 Å². The zero-order valence-corrected chi connectivity index (χ0v) is 18.7. The minimum atomic E-state index is -0.266. The third kappa shape index (κ3) is 4.14. The average Bonchev–Trinajstić information content (AvgIpc) is 2.82. The Morgan fingerprint density at radius 2 is 1.82 bits per heavy atom. The molecule has 168 valence electrons. The van der Waals surface area contributed by atoms with Gasteiger partial charge in [-0.1, -0.05) is 0 Å². The summed E-state index contributed by atoms with van der Waals surface area (Å²) in [4.78, 5) is 33.0. The van der Waals surface area contributed by atoms with Crippen molar-refractivity contribution in [2.75, 3.05) is 30.4 Å². The number of rotatable bonds is 4. The van der Waals surface area contributed by atoms with Crippen LogP contribution in [-0.2, 0) is 0 Å². The van der Waals surface area contributed by atoms with Crippen molar-refractivity contribution in [2.24, 2.45) is 0 Å². The summed E-state index contributed by atoms with van der Waals surface area (Å²) in [5, 5.41) is 7.32. The molecule has 1 aliphatic heterocycles. The Morgan fingerprint density at radius 3 is 2.58 bits per heavy atom. The highest BCUT2D eigenvalue weighted by Gasteiger charge is 2.24. The summed E-state index contributed by atoms with van der Waals surface area (Å²) in [6.07, 6.45) is 5.00. The van der Waals surface area contributed by atoms with Crippen molar-refractivity contribution in [3.05, 3.63) is 54.5 Å². The quantitative estimate of drug-likeness (QED) is 0.496. The van der Waals surface area contributed by atoms with Crippen molar-refractivity contribution < 1.29 is 9.53 Å². The van der Waals surface area contributed by atoms with Gasteiger partial charge in [0.1, 0.15) is 0 Å². The number of nitrogens with one attached hydrogen (secondary N) is 2. The van der Waals surface area contributed by atoms with E-state index in [1.54, 1.807) is 24.7 Å². The fraction of sp³-hybridized carbons (Fsp3) is 0.292. The van der Waals surface area contributed by atoms with Crippen molar-refractivity contribution >= 4 is 39.2 Å². The van der Waals surface area contributed by atoms with Gasteiger partial charge in [0.15, 0.2) is 0 Å². The van der Waals surface area contributed by atoms with Gasteiger partial charge in [-0.15, -0.1) is 0 Å². The van der Waals surface area contributed by atoms with Crippen LogP contribution in [0.2, 0.25) is 0 Å². The van der Waals surface area contributed by atoms with Crippen LogP contribution in [0, 0.1) is 0 Å². The van der Waals surface area contributed by atoms with E-state index in [4.69, 9.17) is 4.74 Å². The number of piperazine rings is 1. The predicted molar refractivity (Wildman–Crippen MR) is 128 cm³/mol. The van der Waals surface area contributed by atoms with Gasteiger partial charge in [-0.25, -0.2) is 4.98 Å². The first-order valence-corrected chi connectivity index (χ1v) is 10.9. The first-order chi connectivity index (χ1) is 16.0. The lowest BCUT2D eigenvalue weighted by Crippen LogP contribution is -2.54. The second-order valence-electron chi connectivity index (χ2n) is 8.34. The van der Waals surface area contributed by atoms with Crippen molar-refractivity contribution in [1.82, 2.24) is 25.3 Å². The Hall–Kier alpha value is -3.85. The molecule has 2 N–H and O–H groups in total. The Kier molecular flexibility index (Phi) is 5.47. The van der Waals surface area contributed by atoms with Crippen LogP contribution in [0.15, 0.2) is 48.9 Å². The van der Waals surface area contributed by atoms with E-state index in [-0.39, 0.29) is 11.9 Å². The van der Waals surface area contributed by atoms with E-state index >= 15 is 0 Å². The van der Waals surface area contributed by atoms with E-state index in [1.165, 1.54) is 7.11 Å². The van der Waals surface area contributed by atoms with Gasteiger partial charge in [-0.3, -0.25) is 14.8 Å². The molecule has 3 heterocycles. The predicted octanol–water partition coefficient (Wildman–Crippen LogP) is 3.02. The van der Waals surface area contributed by atoms with E-state index in [1.807, 2.05) is 24.3 Å². The van der Waals surface area contributed by atoms with E-state index in [0.29, 0.717) is 34.4 Å². The van der Waals surface area contributed by atoms with E-state index < -0.39 is 0 Å².